The van der Waals surface area contributed by atoms with Crippen molar-refractivity contribution in [2.45, 2.75) is 29.5 Å². The van der Waals surface area contributed by atoms with Gasteiger partial charge in [0.15, 0.2) is 0 Å². The van der Waals surface area contributed by atoms with Crippen LogP contribution in [0.25, 0.3) is 0 Å². The zero-order valence-corrected chi connectivity index (χ0v) is 24.2. The number of hydrogen-bond donors (Lipinski definition) is 4. The van der Waals surface area contributed by atoms with E-state index >= 15 is 4.39 Å². The molecule has 41 heavy (non-hydrogen) atoms. The van der Waals surface area contributed by atoms with Gasteiger partial charge in [-0.05, 0) is 37.3 Å². The number of benzene rings is 1. The number of guanidine groups is 1. The minimum absolute atomic E-state index is 0.0468. The van der Waals surface area contributed by atoms with Crippen LogP contribution >= 0.6 is 0 Å². The van der Waals surface area contributed by atoms with Crippen molar-refractivity contribution in [3.05, 3.63) is 66.0 Å². The predicted molar refractivity (Wildman–Crippen MR) is 147 cm³/mol. The third-order valence-corrected chi connectivity index (χ3v) is 11.1. The van der Waals surface area contributed by atoms with Crippen LogP contribution in [0.4, 0.5) is 10.1 Å². The van der Waals surface area contributed by atoms with Crippen molar-refractivity contribution in [3.8, 4) is 5.75 Å². The molecule has 2 atom stereocenters. The van der Waals surface area contributed by atoms with E-state index in [1.807, 2.05) is 0 Å². The quantitative estimate of drug-likeness (QED) is 0.277. The van der Waals surface area contributed by atoms with Crippen molar-refractivity contribution in [2.75, 3.05) is 32.6 Å². The van der Waals surface area contributed by atoms with Gasteiger partial charge < -0.3 is 15.4 Å². The molecule has 1 aliphatic heterocycles. The molecule has 1 saturated heterocycles. The maximum absolute atomic E-state index is 15.5. The van der Waals surface area contributed by atoms with Crippen LogP contribution in [0.5, 0.6) is 5.75 Å². The zero-order valence-electron chi connectivity index (χ0n) is 22.5. The Kier molecular flexibility index (Phi) is 8.06. The van der Waals surface area contributed by atoms with Crippen molar-refractivity contribution in [3.63, 3.8) is 0 Å². The molecule has 2 aromatic heterocycles. The minimum Gasteiger partial charge on any atom is -0.495 e. The standard InChI is InChI=1S/C24H29FN8O6S2/c1-5-33(40(35,36)17-12-28-29-13-17)14-21-24(2,31-23(26)32(3)41(21,37)38)18-10-15(6-8-19(18)25)30-22(34)20-9-7-16(39-4)11-27-20/h6-13,21H,5,14H2,1-4H3,(H2,26,31)(H,28,29)(H,30,34)/t21-,24+/m0/s1. The first-order valence-corrected chi connectivity index (χ1v) is 15.1. The molecule has 0 spiro atoms. The van der Waals surface area contributed by atoms with Crippen LogP contribution in [0.15, 0.2) is 53.8 Å². The number of halogens is 1. The molecule has 3 aromatic rings. The molecular weight excluding hydrogens is 579 g/mol. The molecule has 0 bridgehead atoms. The van der Waals surface area contributed by atoms with E-state index in [-0.39, 0.29) is 28.4 Å². The van der Waals surface area contributed by atoms with Crippen molar-refractivity contribution in [1.82, 2.24) is 29.1 Å². The average Bonchev–Trinajstić information content (AvgIpc) is 3.49. The Bertz CT molecular complexity index is 1670. The summed E-state index contributed by atoms with van der Waals surface area (Å²) < 4.78 is 76.1. The summed E-state index contributed by atoms with van der Waals surface area (Å²) in [7, 11) is -5.99. The summed E-state index contributed by atoms with van der Waals surface area (Å²) in [6.07, 6.45) is 3.61. The number of nitrogens with zero attached hydrogens (tertiary/aromatic N) is 4. The number of nitrogens with one attached hydrogen (secondary N) is 4. The minimum atomic E-state index is -4.40. The third-order valence-electron chi connectivity index (χ3n) is 6.90. The Morgan fingerprint density at radius 3 is 2.61 bits per heavy atom. The maximum atomic E-state index is 15.5. The lowest BCUT2D eigenvalue weighted by Crippen LogP contribution is -2.68. The third kappa shape index (κ3) is 5.47. The molecule has 0 radical (unpaired) electrons. The number of aromatic nitrogens is 3. The molecule has 1 aliphatic rings. The van der Waals surface area contributed by atoms with E-state index in [1.54, 1.807) is 6.07 Å². The second kappa shape index (κ2) is 11.1. The molecule has 0 unspecified atom stereocenters. The molecule has 1 fully saturated rings. The zero-order chi connectivity index (χ0) is 30.2. The predicted octanol–water partition coefficient (Wildman–Crippen LogP) is 1.30. The second-order valence-corrected chi connectivity index (χ2v) is 13.4. The van der Waals surface area contributed by atoms with E-state index < -0.39 is 55.1 Å². The Hall–Kier alpha value is -4.09. The number of rotatable bonds is 9. The summed E-state index contributed by atoms with van der Waals surface area (Å²) in [4.78, 5) is 16.6. The molecule has 14 nitrogen and oxygen atoms in total. The molecule has 0 saturated carbocycles. The Labute approximate surface area is 236 Å². The summed E-state index contributed by atoms with van der Waals surface area (Å²) in [6.45, 7) is 2.21. The molecule has 1 amide bonds. The number of anilines is 1. The number of ether oxygens (including phenoxy) is 1. The van der Waals surface area contributed by atoms with Gasteiger partial charge >= 0.3 is 0 Å². The lowest BCUT2D eigenvalue weighted by molar-refractivity contribution is 0.102. The maximum Gasteiger partial charge on any atom is 0.274 e. The highest BCUT2D eigenvalue weighted by atomic mass is 32.2. The van der Waals surface area contributed by atoms with Gasteiger partial charge in [-0.1, -0.05) is 6.92 Å². The van der Waals surface area contributed by atoms with E-state index in [0.717, 1.165) is 29.8 Å². The number of aromatic amines is 1. The molecule has 220 valence electrons. The molecule has 3 heterocycles. The number of carbonyl (C=O) groups is 1. The smallest absolute Gasteiger partial charge is 0.274 e. The van der Waals surface area contributed by atoms with Gasteiger partial charge in [0.2, 0.25) is 26.0 Å². The summed E-state index contributed by atoms with van der Waals surface area (Å²) >= 11 is 0. The first kappa shape index (κ1) is 29.9. The van der Waals surface area contributed by atoms with Gasteiger partial charge in [-0.25, -0.2) is 30.5 Å². The highest BCUT2D eigenvalue weighted by molar-refractivity contribution is 7.91. The van der Waals surface area contributed by atoms with Gasteiger partial charge in [0.05, 0.1) is 25.0 Å². The lowest BCUT2D eigenvalue weighted by atomic mass is 9.87. The fourth-order valence-electron chi connectivity index (χ4n) is 4.48. The Morgan fingerprint density at radius 2 is 2.02 bits per heavy atom. The van der Waals surface area contributed by atoms with E-state index in [1.165, 1.54) is 45.4 Å². The fraction of sp³-hybridized carbons (Fsp3) is 0.333. The number of H-pyrrole nitrogens is 1. The number of amides is 1. The summed E-state index contributed by atoms with van der Waals surface area (Å²) in [5.74, 6) is -1.55. The van der Waals surface area contributed by atoms with Crippen LogP contribution in [-0.4, -0.2) is 85.0 Å². The van der Waals surface area contributed by atoms with Gasteiger partial charge in [-0.2, -0.15) is 9.40 Å². The second-order valence-electron chi connectivity index (χ2n) is 9.30. The largest absolute Gasteiger partial charge is 0.495 e. The van der Waals surface area contributed by atoms with Crippen LogP contribution < -0.4 is 15.4 Å². The summed E-state index contributed by atoms with van der Waals surface area (Å²) in [5, 5.41) is 18.1. The number of hydrogen-bond acceptors (Lipinski definition) is 9. The van der Waals surface area contributed by atoms with Crippen molar-refractivity contribution in [1.29, 1.82) is 5.41 Å². The van der Waals surface area contributed by atoms with Crippen LogP contribution in [-0.2, 0) is 25.6 Å². The van der Waals surface area contributed by atoms with Gasteiger partial charge in [-0.3, -0.25) is 15.3 Å². The SMILES string of the molecule is CCN(C[C@H]1[C@@](C)(c2cc(NC(=O)c3ccc(OC)cn3)ccc2F)NC(=N)N(C)S1(=O)=O)S(=O)(=O)c1cn[nH]c1. The van der Waals surface area contributed by atoms with Gasteiger partial charge in [-0.15, -0.1) is 0 Å². The number of carbonyl (C=O) groups excluding carboxylic acids is 1. The van der Waals surface area contributed by atoms with Crippen molar-refractivity contribution >= 4 is 37.6 Å². The van der Waals surface area contributed by atoms with Gasteiger partial charge in [0.25, 0.3) is 5.91 Å². The fourth-order valence-corrected chi connectivity index (χ4v) is 7.78. The highest BCUT2D eigenvalue weighted by Gasteiger charge is 2.54. The lowest BCUT2D eigenvalue weighted by Gasteiger charge is -2.47. The molecule has 17 heteroatoms. The van der Waals surface area contributed by atoms with Gasteiger partial charge in [0.1, 0.15) is 27.4 Å². The molecule has 1 aromatic carbocycles. The average molecular weight is 609 g/mol. The topological polar surface area (TPSA) is 191 Å². The summed E-state index contributed by atoms with van der Waals surface area (Å²) in [6, 6.07) is 6.55. The van der Waals surface area contributed by atoms with Crippen LogP contribution in [0.1, 0.15) is 29.9 Å². The van der Waals surface area contributed by atoms with E-state index in [9.17, 15) is 21.6 Å². The molecular formula is C24H29FN8O6S2. The van der Waals surface area contributed by atoms with E-state index in [4.69, 9.17) is 10.1 Å². The molecule has 0 aliphatic carbocycles. The van der Waals surface area contributed by atoms with E-state index in [2.05, 4.69) is 25.8 Å². The first-order chi connectivity index (χ1) is 19.2. The number of methoxy groups -OCH3 is 1. The summed E-state index contributed by atoms with van der Waals surface area (Å²) in [5.41, 5.74) is -1.89. The van der Waals surface area contributed by atoms with Gasteiger partial charge in [0, 0.05) is 37.6 Å². The monoisotopic (exact) mass is 608 g/mol. The Balaban J connectivity index is 1.76. The molecule has 4 N–H and O–H groups in total. The number of pyridine rings is 1. The van der Waals surface area contributed by atoms with Crippen molar-refractivity contribution in [2.24, 2.45) is 0 Å². The van der Waals surface area contributed by atoms with E-state index in [0.29, 0.717) is 10.1 Å². The van der Waals surface area contributed by atoms with Crippen LogP contribution in [0.2, 0.25) is 0 Å². The highest BCUT2D eigenvalue weighted by Crippen LogP contribution is 2.38. The Morgan fingerprint density at radius 1 is 1.29 bits per heavy atom. The first-order valence-electron chi connectivity index (χ1n) is 12.2. The molecule has 4 rings (SSSR count). The normalized spacial score (nSPS) is 20.5. The van der Waals surface area contributed by atoms with Crippen LogP contribution in [0.3, 0.4) is 0 Å². The number of sulfonamides is 2. The van der Waals surface area contributed by atoms with Crippen molar-refractivity contribution < 1.29 is 30.8 Å². The van der Waals surface area contributed by atoms with Crippen LogP contribution in [0, 0.1) is 11.2 Å².